The molecular formula is C26H19ClF3NO4. The van der Waals surface area contributed by atoms with Gasteiger partial charge in [0, 0.05) is 15.9 Å². The number of H-pyrrole nitrogens is 1. The standard InChI is InChI=1S/C26H19ClF3NO4/c1-2-34-25(33)22-23(31-21-12-9-18(27)14-20(21)24(22)32)17-7-3-15(4-8-17)13-16-5-10-19(11-6-16)35-26(28,29)30/h3-12,14H,2,13H2,1H3,(H,31,32). The van der Waals surface area contributed by atoms with E-state index < -0.39 is 17.8 Å². The van der Waals surface area contributed by atoms with Gasteiger partial charge in [0.25, 0.3) is 0 Å². The largest absolute Gasteiger partial charge is 0.573 e. The van der Waals surface area contributed by atoms with Crippen molar-refractivity contribution < 1.29 is 27.4 Å². The number of esters is 1. The monoisotopic (exact) mass is 501 g/mol. The Morgan fingerprint density at radius 2 is 1.60 bits per heavy atom. The Kier molecular flexibility index (Phi) is 6.84. The van der Waals surface area contributed by atoms with Gasteiger partial charge >= 0.3 is 12.3 Å². The van der Waals surface area contributed by atoms with Crippen LogP contribution in [0.1, 0.15) is 28.4 Å². The quantitative estimate of drug-likeness (QED) is 0.306. The number of carbonyl (C=O) groups excluding carboxylic acids is 1. The van der Waals surface area contributed by atoms with Crippen molar-refractivity contribution in [2.45, 2.75) is 19.7 Å². The lowest BCUT2D eigenvalue weighted by atomic mass is 9.99. The van der Waals surface area contributed by atoms with Gasteiger partial charge in [-0.2, -0.15) is 0 Å². The second-order valence-corrected chi connectivity index (χ2v) is 8.12. The van der Waals surface area contributed by atoms with Crippen LogP contribution in [-0.4, -0.2) is 23.9 Å². The van der Waals surface area contributed by atoms with Crippen molar-refractivity contribution in [2.75, 3.05) is 6.61 Å². The molecule has 0 aliphatic carbocycles. The summed E-state index contributed by atoms with van der Waals surface area (Å²) in [4.78, 5) is 29.0. The van der Waals surface area contributed by atoms with Crippen LogP contribution in [0.2, 0.25) is 5.02 Å². The average molecular weight is 502 g/mol. The molecule has 1 heterocycles. The van der Waals surface area contributed by atoms with Gasteiger partial charge in [0.2, 0.25) is 5.43 Å². The lowest BCUT2D eigenvalue weighted by Crippen LogP contribution is -2.20. The predicted molar refractivity (Wildman–Crippen MR) is 127 cm³/mol. The number of aromatic nitrogens is 1. The van der Waals surface area contributed by atoms with Crippen LogP contribution >= 0.6 is 11.6 Å². The van der Waals surface area contributed by atoms with Gasteiger partial charge in [-0.1, -0.05) is 48.0 Å². The van der Waals surface area contributed by atoms with Gasteiger partial charge in [-0.15, -0.1) is 13.2 Å². The molecule has 0 fully saturated rings. The van der Waals surface area contributed by atoms with Crippen molar-refractivity contribution in [3.05, 3.63) is 98.7 Å². The van der Waals surface area contributed by atoms with Gasteiger partial charge < -0.3 is 14.5 Å². The third-order valence-corrected chi connectivity index (χ3v) is 5.49. The topological polar surface area (TPSA) is 68.4 Å². The fourth-order valence-electron chi connectivity index (χ4n) is 3.71. The normalized spacial score (nSPS) is 11.5. The van der Waals surface area contributed by atoms with Gasteiger partial charge in [0.15, 0.2) is 0 Å². The minimum absolute atomic E-state index is 0.108. The number of nitrogens with one attached hydrogen (secondary N) is 1. The highest BCUT2D eigenvalue weighted by molar-refractivity contribution is 6.31. The highest BCUT2D eigenvalue weighted by atomic mass is 35.5. The molecule has 0 saturated carbocycles. The van der Waals surface area contributed by atoms with Gasteiger partial charge in [-0.3, -0.25) is 4.79 Å². The van der Waals surface area contributed by atoms with Gasteiger partial charge in [0.05, 0.1) is 12.3 Å². The number of fused-ring (bicyclic) bond motifs is 1. The van der Waals surface area contributed by atoms with Crippen LogP contribution in [0, 0.1) is 0 Å². The number of alkyl halides is 3. The molecule has 0 aliphatic rings. The first kappa shape index (κ1) is 24.3. The van der Waals surface area contributed by atoms with Crippen molar-refractivity contribution in [3.8, 4) is 17.0 Å². The molecule has 0 radical (unpaired) electrons. The number of ether oxygens (including phenoxy) is 2. The third kappa shape index (κ3) is 5.66. The number of rotatable bonds is 6. The SMILES string of the molecule is CCOC(=O)c1c(-c2ccc(Cc3ccc(OC(F)(F)F)cc3)cc2)[nH]c2ccc(Cl)cc2c1=O. The van der Waals surface area contributed by atoms with Crippen LogP contribution in [0.4, 0.5) is 13.2 Å². The smallest absolute Gasteiger partial charge is 0.462 e. The van der Waals surface area contributed by atoms with E-state index >= 15 is 0 Å². The molecule has 1 aromatic heterocycles. The maximum Gasteiger partial charge on any atom is 0.573 e. The first-order valence-electron chi connectivity index (χ1n) is 10.6. The summed E-state index contributed by atoms with van der Waals surface area (Å²) in [5.41, 5.74) is 2.51. The number of aromatic amines is 1. The van der Waals surface area contributed by atoms with Crippen LogP contribution < -0.4 is 10.2 Å². The molecule has 180 valence electrons. The second-order valence-electron chi connectivity index (χ2n) is 7.68. The minimum atomic E-state index is -4.74. The van der Waals surface area contributed by atoms with Crippen LogP contribution in [0.15, 0.2) is 71.5 Å². The first-order valence-corrected chi connectivity index (χ1v) is 11.0. The number of halogens is 4. The summed E-state index contributed by atoms with van der Waals surface area (Å²) in [6, 6.07) is 17.6. The van der Waals surface area contributed by atoms with E-state index in [2.05, 4.69) is 9.72 Å². The molecule has 4 rings (SSSR count). The van der Waals surface area contributed by atoms with E-state index in [1.54, 1.807) is 43.3 Å². The Hall–Kier alpha value is -3.78. The number of pyridine rings is 1. The average Bonchev–Trinajstić information content (AvgIpc) is 2.80. The number of carbonyl (C=O) groups is 1. The Balaban J connectivity index is 1.65. The van der Waals surface area contributed by atoms with E-state index in [0.717, 1.165) is 11.1 Å². The summed E-state index contributed by atoms with van der Waals surface area (Å²) < 4.78 is 46.0. The molecule has 0 unspecified atom stereocenters. The van der Waals surface area contributed by atoms with Crippen molar-refractivity contribution >= 4 is 28.5 Å². The van der Waals surface area contributed by atoms with Crippen molar-refractivity contribution in [1.29, 1.82) is 0 Å². The fraction of sp³-hybridized carbons (Fsp3) is 0.154. The van der Waals surface area contributed by atoms with Crippen LogP contribution in [0.25, 0.3) is 22.2 Å². The summed E-state index contributed by atoms with van der Waals surface area (Å²) in [6.07, 6.45) is -4.28. The van der Waals surface area contributed by atoms with Crippen molar-refractivity contribution in [1.82, 2.24) is 4.98 Å². The molecule has 4 aromatic rings. The van der Waals surface area contributed by atoms with E-state index in [4.69, 9.17) is 16.3 Å². The number of benzene rings is 3. The molecule has 3 aromatic carbocycles. The Labute approximate surface area is 203 Å². The maximum atomic E-state index is 13.2. The summed E-state index contributed by atoms with van der Waals surface area (Å²) in [6.45, 7) is 1.76. The molecule has 0 aliphatic heterocycles. The van der Waals surface area contributed by atoms with Crippen molar-refractivity contribution in [2.24, 2.45) is 0 Å². The van der Waals surface area contributed by atoms with Gasteiger partial charge in [0.1, 0.15) is 11.3 Å². The number of hydrogen-bond donors (Lipinski definition) is 1. The predicted octanol–water partition coefficient (Wildman–Crippen LogP) is 6.51. The maximum absolute atomic E-state index is 13.2. The van der Waals surface area contributed by atoms with Crippen LogP contribution in [-0.2, 0) is 11.2 Å². The highest BCUT2D eigenvalue weighted by Crippen LogP contribution is 2.27. The van der Waals surface area contributed by atoms with E-state index in [1.807, 2.05) is 12.1 Å². The van der Waals surface area contributed by atoms with E-state index in [0.29, 0.717) is 28.2 Å². The molecule has 1 N–H and O–H groups in total. The van der Waals surface area contributed by atoms with E-state index in [9.17, 15) is 22.8 Å². The molecule has 0 bridgehead atoms. The molecule has 0 amide bonds. The minimum Gasteiger partial charge on any atom is -0.462 e. The lowest BCUT2D eigenvalue weighted by Gasteiger charge is -2.12. The third-order valence-electron chi connectivity index (χ3n) is 5.25. The van der Waals surface area contributed by atoms with Crippen LogP contribution in [0.5, 0.6) is 5.75 Å². The molecule has 9 heteroatoms. The summed E-state index contributed by atoms with van der Waals surface area (Å²) >= 11 is 6.04. The summed E-state index contributed by atoms with van der Waals surface area (Å²) in [5, 5.41) is 0.645. The van der Waals surface area contributed by atoms with E-state index in [1.165, 1.54) is 18.2 Å². The summed E-state index contributed by atoms with van der Waals surface area (Å²) in [5.74, 6) is -1.03. The summed E-state index contributed by atoms with van der Waals surface area (Å²) in [7, 11) is 0. The molecule has 5 nitrogen and oxygen atoms in total. The van der Waals surface area contributed by atoms with Crippen molar-refractivity contribution in [3.63, 3.8) is 0 Å². The first-order chi connectivity index (χ1) is 16.6. The van der Waals surface area contributed by atoms with Gasteiger partial charge in [-0.25, -0.2) is 4.79 Å². The zero-order chi connectivity index (χ0) is 25.2. The Morgan fingerprint density at radius 3 is 2.20 bits per heavy atom. The molecule has 0 saturated heterocycles. The second kappa shape index (κ2) is 9.84. The van der Waals surface area contributed by atoms with E-state index in [-0.39, 0.29) is 23.3 Å². The zero-order valence-corrected chi connectivity index (χ0v) is 19.2. The Morgan fingerprint density at radius 1 is 0.971 bits per heavy atom. The number of hydrogen-bond acceptors (Lipinski definition) is 4. The fourth-order valence-corrected chi connectivity index (χ4v) is 3.88. The van der Waals surface area contributed by atoms with Crippen LogP contribution in [0.3, 0.4) is 0 Å². The van der Waals surface area contributed by atoms with Gasteiger partial charge in [-0.05, 0) is 60.4 Å². The highest BCUT2D eigenvalue weighted by Gasteiger charge is 2.31. The molecular weight excluding hydrogens is 483 g/mol. The molecule has 0 atom stereocenters. The zero-order valence-electron chi connectivity index (χ0n) is 18.4. The molecule has 0 spiro atoms. The molecule has 35 heavy (non-hydrogen) atoms. The Bertz CT molecular complexity index is 1430. The lowest BCUT2D eigenvalue weighted by molar-refractivity contribution is -0.274.